The first-order valence-electron chi connectivity index (χ1n) is 3.03. The van der Waals surface area contributed by atoms with E-state index in [1.807, 2.05) is 0 Å². The Hall–Kier alpha value is -0.190. The summed E-state index contributed by atoms with van der Waals surface area (Å²) in [5.74, 6) is 2.31. The molecule has 1 N–H and O–H groups in total. The van der Waals surface area contributed by atoms with E-state index < -0.39 is 5.60 Å². The van der Waals surface area contributed by atoms with E-state index >= 15 is 0 Å². The third kappa shape index (κ3) is 1.05. The third-order valence-corrected chi connectivity index (χ3v) is 2.36. The molecule has 1 fully saturated rings. The Morgan fingerprint density at radius 2 is 2.44 bits per heavy atom. The first-order valence-corrected chi connectivity index (χ1v) is 3.47. The van der Waals surface area contributed by atoms with Crippen LogP contribution in [-0.4, -0.2) is 16.1 Å². The maximum Gasteiger partial charge on any atom is 0.141 e. The van der Waals surface area contributed by atoms with Crippen molar-refractivity contribution in [3.63, 3.8) is 0 Å². The van der Waals surface area contributed by atoms with Gasteiger partial charge in [-0.1, -0.05) is 5.92 Å². The number of alkyl halides is 1. The second-order valence-corrected chi connectivity index (χ2v) is 2.96. The minimum absolute atomic E-state index is 0.234. The van der Waals surface area contributed by atoms with Crippen molar-refractivity contribution in [2.45, 2.75) is 30.2 Å². The van der Waals surface area contributed by atoms with Crippen molar-refractivity contribution >= 4 is 11.6 Å². The van der Waals surface area contributed by atoms with E-state index in [1.54, 1.807) is 0 Å². The van der Waals surface area contributed by atoms with Crippen LogP contribution in [0.3, 0.4) is 0 Å². The van der Waals surface area contributed by atoms with E-state index in [0.29, 0.717) is 6.42 Å². The lowest BCUT2D eigenvalue weighted by atomic mass is 10.0. The van der Waals surface area contributed by atoms with Gasteiger partial charge in [0.1, 0.15) is 5.60 Å². The summed E-state index contributed by atoms with van der Waals surface area (Å²) in [7, 11) is 0. The molecule has 0 radical (unpaired) electrons. The van der Waals surface area contributed by atoms with Crippen LogP contribution in [-0.2, 0) is 0 Å². The molecule has 0 bridgehead atoms. The third-order valence-electron chi connectivity index (χ3n) is 1.78. The summed E-state index contributed by atoms with van der Waals surface area (Å²) in [5, 5.41) is 9.17. The summed E-state index contributed by atoms with van der Waals surface area (Å²) >= 11 is 5.73. The molecule has 2 heteroatoms. The van der Waals surface area contributed by atoms with Gasteiger partial charge in [-0.25, -0.2) is 0 Å². The Kier molecular flexibility index (Phi) is 1.70. The van der Waals surface area contributed by atoms with Crippen molar-refractivity contribution < 1.29 is 5.11 Å². The first-order chi connectivity index (χ1) is 4.19. The molecule has 1 aliphatic rings. The highest BCUT2D eigenvalue weighted by Gasteiger charge is 2.37. The maximum absolute atomic E-state index is 9.40. The molecule has 1 aliphatic carbocycles. The SMILES string of the molecule is C#CC1(O)CCCC1Cl. The van der Waals surface area contributed by atoms with Gasteiger partial charge in [-0.2, -0.15) is 0 Å². The molecular weight excluding hydrogens is 136 g/mol. The van der Waals surface area contributed by atoms with Crippen molar-refractivity contribution in [1.82, 2.24) is 0 Å². The van der Waals surface area contributed by atoms with Gasteiger partial charge < -0.3 is 5.11 Å². The van der Waals surface area contributed by atoms with Crippen molar-refractivity contribution in [3.8, 4) is 12.3 Å². The van der Waals surface area contributed by atoms with Gasteiger partial charge in [-0.3, -0.25) is 0 Å². The summed E-state index contributed by atoms with van der Waals surface area (Å²) < 4.78 is 0. The van der Waals surface area contributed by atoms with Gasteiger partial charge in [0.2, 0.25) is 0 Å². The Balaban J connectivity index is 2.70. The predicted octanol–water partition coefficient (Wildman–Crippen LogP) is 1.14. The van der Waals surface area contributed by atoms with E-state index in [9.17, 15) is 5.11 Å². The molecule has 0 spiro atoms. The van der Waals surface area contributed by atoms with Gasteiger partial charge in [0.05, 0.1) is 5.38 Å². The molecule has 1 nitrogen and oxygen atoms in total. The second kappa shape index (κ2) is 2.21. The molecule has 2 unspecified atom stereocenters. The molecule has 1 saturated carbocycles. The van der Waals surface area contributed by atoms with E-state index in [0.717, 1.165) is 12.8 Å². The Morgan fingerprint density at radius 1 is 1.78 bits per heavy atom. The number of halogens is 1. The number of rotatable bonds is 0. The van der Waals surface area contributed by atoms with Crippen LogP contribution in [0.4, 0.5) is 0 Å². The highest BCUT2D eigenvalue weighted by atomic mass is 35.5. The summed E-state index contributed by atoms with van der Waals surface area (Å²) in [4.78, 5) is 0. The van der Waals surface area contributed by atoms with Crippen LogP contribution in [0.15, 0.2) is 0 Å². The normalized spacial score (nSPS) is 42.6. The highest BCUT2D eigenvalue weighted by Crippen LogP contribution is 2.33. The smallest absolute Gasteiger partial charge is 0.141 e. The minimum atomic E-state index is -1.01. The zero-order valence-electron chi connectivity index (χ0n) is 5.10. The molecule has 0 saturated heterocycles. The number of terminal acetylenes is 1. The van der Waals surface area contributed by atoms with Gasteiger partial charge >= 0.3 is 0 Å². The average molecular weight is 145 g/mol. The summed E-state index contributed by atoms with van der Waals surface area (Å²) in [6.07, 6.45) is 7.50. The summed E-state index contributed by atoms with van der Waals surface area (Å²) in [5.41, 5.74) is -1.01. The summed E-state index contributed by atoms with van der Waals surface area (Å²) in [6.45, 7) is 0. The molecule has 0 amide bonds. The van der Waals surface area contributed by atoms with Crippen molar-refractivity contribution in [3.05, 3.63) is 0 Å². The minimum Gasteiger partial charge on any atom is -0.376 e. The van der Waals surface area contributed by atoms with Gasteiger partial charge in [-0.15, -0.1) is 18.0 Å². The van der Waals surface area contributed by atoms with Crippen LogP contribution in [0.25, 0.3) is 0 Å². The van der Waals surface area contributed by atoms with Crippen LogP contribution in [0, 0.1) is 12.3 Å². The van der Waals surface area contributed by atoms with Gasteiger partial charge in [0.25, 0.3) is 0 Å². The van der Waals surface area contributed by atoms with Crippen LogP contribution in [0.1, 0.15) is 19.3 Å². The molecule has 0 heterocycles. The van der Waals surface area contributed by atoms with Crippen LogP contribution < -0.4 is 0 Å². The fourth-order valence-corrected chi connectivity index (χ4v) is 1.44. The Bertz CT molecular complexity index is 149. The van der Waals surface area contributed by atoms with E-state index in [4.69, 9.17) is 18.0 Å². The van der Waals surface area contributed by atoms with E-state index in [-0.39, 0.29) is 5.38 Å². The fraction of sp³-hybridized carbons (Fsp3) is 0.714. The number of hydrogen-bond acceptors (Lipinski definition) is 1. The Labute approximate surface area is 60.0 Å². The standard InChI is InChI=1S/C7H9ClO/c1-2-7(9)5-3-4-6(7)8/h1,6,9H,3-5H2. The van der Waals surface area contributed by atoms with Crippen molar-refractivity contribution in [2.24, 2.45) is 0 Å². The molecule has 0 aromatic carbocycles. The monoisotopic (exact) mass is 144 g/mol. The van der Waals surface area contributed by atoms with Gasteiger partial charge in [0, 0.05) is 0 Å². The molecule has 2 atom stereocenters. The lowest BCUT2D eigenvalue weighted by molar-refractivity contribution is 0.113. The highest BCUT2D eigenvalue weighted by molar-refractivity contribution is 6.21. The topological polar surface area (TPSA) is 20.2 Å². The van der Waals surface area contributed by atoms with Crippen molar-refractivity contribution in [1.29, 1.82) is 0 Å². The quantitative estimate of drug-likeness (QED) is 0.400. The molecule has 50 valence electrons. The lowest BCUT2D eigenvalue weighted by Gasteiger charge is -2.17. The van der Waals surface area contributed by atoms with Crippen LogP contribution >= 0.6 is 11.6 Å². The first kappa shape index (κ1) is 6.92. The average Bonchev–Trinajstić information content (AvgIpc) is 2.15. The zero-order valence-corrected chi connectivity index (χ0v) is 5.86. The zero-order chi connectivity index (χ0) is 6.91. The largest absolute Gasteiger partial charge is 0.376 e. The molecule has 0 aromatic rings. The van der Waals surface area contributed by atoms with Gasteiger partial charge in [0.15, 0.2) is 0 Å². The molecule has 0 aliphatic heterocycles. The number of hydrogen-bond donors (Lipinski definition) is 1. The van der Waals surface area contributed by atoms with E-state index in [1.165, 1.54) is 0 Å². The fourth-order valence-electron chi connectivity index (χ4n) is 1.11. The van der Waals surface area contributed by atoms with Crippen LogP contribution in [0.2, 0.25) is 0 Å². The van der Waals surface area contributed by atoms with Gasteiger partial charge in [-0.05, 0) is 19.3 Å². The molecule has 1 rings (SSSR count). The van der Waals surface area contributed by atoms with Crippen LogP contribution in [0.5, 0.6) is 0 Å². The molecule has 9 heavy (non-hydrogen) atoms. The lowest BCUT2D eigenvalue weighted by Crippen LogP contribution is -2.31. The maximum atomic E-state index is 9.40. The molecular formula is C7H9ClO. The second-order valence-electron chi connectivity index (χ2n) is 2.43. The summed E-state index contributed by atoms with van der Waals surface area (Å²) in [6, 6.07) is 0. The van der Waals surface area contributed by atoms with Crippen molar-refractivity contribution in [2.75, 3.05) is 0 Å². The Morgan fingerprint density at radius 3 is 2.67 bits per heavy atom. The van der Waals surface area contributed by atoms with E-state index in [2.05, 4.69) is 5.92 Å². The predicted molar refractivity (Wildman–Crippen MR) is 37.3 cm³/mol. The molecule has 0 aromatic heterocycles. The number of aliphatic hydroxyl groups is 1.